The van der Waals surface area contributed by atoms with E-state index in [1.54, 1.807) is 18.0 Å². The summed E-state index contributed by atoms with van der Waals surface area (Å²) in [6, 6.07) is 19.5. The number of likely N-dealkylation sites (N-methyl/N-ethyl adjacent to an activating group) is 1. The Morgan fingerprint density at radius 1 is 1.10 bits per heavy atom. The van der Waals surface area contributed by atoms with E-state index in [1.165, 1.54) is 11.1 Å². The third kappa shape index (κ3) is 3.83. The fourth-order valence-electron chi connectivity index (χ4n) is 8.49. The van der Waals surface area contributed by atoms with Gasteiger partial charge in [-0.3, -0.25) is 9.69 Å². The van der Waals surface area contributed by atoms with Crippen LogP contribution in [0.15, 0.2) is 60.7 Å². The molecule has 7 rings (SSSR count). The van der Waals surface area contributed by atoms with E-state index in [-0.39, 0.29) is 23.8 Å². The minimum absolute atomic E-state index is 0.130. The predicted octanol–water partition coefficient (Wildman–Crippen LogP) is 4.28. The molecule has 0 radical (unpaired) electrons. The molecule has 5 atom stereocenters. The van der Waals surface area contributed by atoms with Gasteiger partial charge in [-0.2, -0.15) is 0 Å². The van der Waals surface area contributed by atoms with Crippen LogP contribution in [-0.4, -0.2) is 69.8 Å². The molecule has 0 aromatic heterocycles. The number of likely N-dealkylation sites (tertiary alicyclic amines) is 1. The fraction of sp³-hybridized carbons (Fsp3) is 0.417. The summed E-state index contributed by atoms with van der Waals surface area (Å²) >= 11 is 0. The van der Waals surface area contributed by atoms with Crippen LogP contribution in [0.1, 0.15) is 52.6 Å². The zero-order chi connectivity index (χ0) is 29.2. The molecule has 2 bridgehead atoms. The van der Waals surface area contributed by atoms with Gasteiger partial charge in [-0.15, -0.1) is 0 Å². The Labute approximate surface area is 247 Å². The lowest BCUT2D eigenvalue weighted by molar-refractivity contribution is -0.216. The predicted molar refractivity (Wildman–Crippen MR) is 162 cm³/mol. The number of rotatable bonds is 4. The first-order chi connectivity index (χ1) is 20.2. The minimum Gasteiger partial charge on any atom is -0.504 e. The molecular weight excluding hydrogens is 524 g/mol. The average Bonchev–Trinajstić information content (AvgIpc) is 3.33. The highest BCUT2D eigenvalue weighted by atomic mass is 16.5. The molecule has 6 heteroatoms. The summed E-state index contributed by atoms with van der Waals surface area (Å²) in [6.07, 6.45) is 3.27. The van der Waals surface area contributed by atoms with Gasteiger partial charge in [-0.05, 0) is 92.9 Å². The van der Waals surface area contributed by atoms with Crippen LogP contribution in [0.4, 0.5) is 0 Å². The van der Waals surface area contributed by atoms with Gasteiger partial charge >= 0.3 is 0 Å². The number of carbonyl (C=O) groups excluding carboxylic acids is 1. The van der Waals surface area contributed by atoms with Crippen molar-refractivity contribution in [2.45, 2.75) is 75.2 Å². The molecule has 4 aliphatic rings. The highest BCUT2D eigenvalue weighted by molar-refractivity contribution is 5.94. The smallest absolute Gasteiger partial charge is 0.298 e. The molecule has 1 amide bonds. The number of phenolic OH excluding ortho intramolecular Hbond substituents is 1. The molecule has 0 unspecified atom stereocenters. The Balaban J connectivity index is 1.27. The van der Waals surface area contributed by atoms with Crippen molar-refractivity contribution in [2.75, 3.05) is 20.1 Å². The van der Waals surface area contributed by atoms with Crippen molar-refractivity contribution in [3.8, 4) is 23.3 Å². The topological polar surface area (TPSA) is 73.2 Å². The molecule has 216 valence electrons. The van der Waals surface area contributed by atoms with E-state index < -0.39 is 17.1 Å². The van der Waals surface area contributed by atoms with Crippen LogP contribution >= 0.6 is 0 Å². The van der Waals surface area contributed by atoms with Crippen molar-refractivity contribution in [3.63, 3.8) is 0 Å². The maximum absolute atomic E-state index is 13.6. The first-order valence-corrected chi connectivity index (χ1v) is 15.1. The second kappa shape index (κ2) is 9.90. The Morgan fingerprint density at radius 2 is 1.90 bits per heavy atom. The second-order valence-corrected chi connectivity index (χ2v) is 12.7. The molecule has 2 N–H and O–H groups in total. The normalized spacial score (nSPS) is 28.7. The van der Waals surface area contributed by atoms with Crippen LogP contribution in [-0.2, 0) is 23.1 Å². The van der Waals surface area contributed by atoms with Gasteiger partial charge in [0.05, 0.1) is 11.5 Å². The number of aryl methyl sites for hydroxylation is 2. The molecule has 1 spiro atoms. The Morgan fingerprint density at radius 3 is 2.69 bits per heavy atom. The molecule has 1 saturated carbocycles. The maximum Gasteiger partial charge on any atom is 0.298 e. The summed E-state index contributed by atoms with van der Waals surface area (Å²) in [5, 5.41) is 24.1. The molecule has 2 aliphatic carbocycles. The van der Waals surface area contributed by atoms with Crippen molar-refractivity contribution in [1.29, 1.82) is 0 Å². The van der Waals surface area contributed by atoms with Crippen LogP contribution < -0.4 is 4.74 Å². The Bertz CT molecular complexity index is 1620. The number of amides is 1. The lowest BCUT2D eigenvalue weighted by atomic mass is 9.47. The van der Waals surface area contributed by atoms with Crippen molar-refractivity contribution in [1.82, 2.24) is 9.80 Å². The first-order valence-electron chi connectivity index (χ1n) is 15.1. The van der Waals surface area contributed by atoms with Crippen LogP contribution in [0.25, 0.3) is 0 Å². The fourth-order valence-corrected chi connectivity index (χ4v) is 8.49. The summed E-state index contributed by atoms with van der Waals surface area (Å²) in [4.78, 5) is 17.8. The lowest BCUT2D eigenvalue weighted by Gasteiger charge is -2.66. The maximum atomic E-state index is 13.6. The Hall–Kier alpha value is -3.79. The van der Waals surface area contributed by atoms with Gasteiger partial charge in [-0.25, -0.2) is 0 Å². The third-order valence-corrected chi connectivity index (χ3v) is 10.7. The van der Waals surface area contributed by atoms with E-state index in [1.807, 2.05) is 37.3 Å². The summed E-state index contributed by atoms with van der Waals surface area (Å²) in [7, 11) is 1.79. The SMILES string of the molecule is Cc1ccc(C#CC(=O)N(C)[C@@H]2CC[C@@H]3Oc4c(O)ccc5c4[C@@]34CCN(CCc3ccccc3)[C@H](C5)[C@]24O)cc1C. The number of phenols is 1. The molecule has 2 heterocycles. The van der Waals surface area contributed by atoms with Crippen molar-refractivity contribution in [3.05, 3.63) is 94.0 Å². The zero-order valence-corrected chi connectivity index (χ0v) is 24.6. The molecule has 1 saturated heterocycles. The largest absolute Gasteiger partial charge is 0.504 e. The van der Waals surface area contributed by atoms with Crippen LogP contribution in [0.3, 0.4) is 0 Å². The second-order valence-electron chi connectivity index (χ2n) is 12.7. The van der Waals surface area contributed by atoms with Gasteiger partial charge in [0.15, 0.2) is 11.5 Å². The number of hydrogen-bond acceptors (Lipinski definition) is 5. The van der Waals surface area contributed by atoms with Gasteiger partial charge in [-0.1, -0.05) is 48.4 Å². The van der Waals surface area contributed by atoms with E-state index >= 15 is 0 Å². The quantitative estimate of drug-likeness (QED) is 0.465. The first kappa shape index (κ1) is 27.1. The number of nitrogens with zero attached hydrogens (tertiary/aromatic N) is 2. The number of aliphatic hydroxyl groups is 1. The molecule has 3 aromatic rings. The minimum atomic E-state index is -1.26. The molecule has 2 aliphatic heterocycles. The van der Waals surface area contributed by atoms with Gasteiger partial charge < -0.3 is 19.8 Å². The monoisotopic (exact) mass is 562 g/mol. The van der Waals surface area contributed by atoms with E-state index in [9.17, 15) is 15.0 Å². The van der Waals surface area contributed by atoms with Gasteiger partial charge in [0.1, 0.15) is 11.7 Å². The van der Waals surface area contributed by atoms with Crippen LogP contribution in [0, 0.1) is 25.7 Å². The standard InChI is InChI=1S/C36H38N2O4/c1-23-9-10-26(21-24(23)2)11-16-32(40)37(3)29-14-15-31-35-18-20-38(19-17-25-7-5-4-6-8-25)30(36(29,35)41)22-27-12-13-28(39)34(42-31)33(27)35/h4-10,12-13,21,29-31,39,41H,14-15,17-20,22H2,1-3H3/t29-,30-,31+,35-,36-/m1/s1. The van der Waals surface area contributed by atoms with Crippen LogP contribution in [0.5, 0.6) is 11.5 Å². The van der Waals surface area contributed by atoms with Crippen LogP contribution in [0.2, 0.25) is 0 Å². The Kier molecular flexibility index (Phi) is 6.38. The molecule has 6 nitrogen and oxygen atoms in total. The summed E-state index contributed by atoms with van der Waals surface area (Å²) in [6.45, 7) is 5.74. The van der Waals surface area contributed by atoms with Crippen molar-refractivity contribution < 1.29 is 19.7 Å². The number of aromatic hydroxyl groups is 1. The van der Waals surface area contributed by atoms with E-state index in [2.05, 4.69) is 47.9 Å². The number of hydrogen-bond donors (Lipinski definition) is 2. The number of ether oxygens (including phenoxy) is 1. The number of benzene rings is 3. The van der Waals surface area contributed by atoms with Gasteiger partial charge in [0, 0.05) is 36.7 Å². The number of piperidine rings is 1. The average molecular weight is 563 g/mol. The van der Waals surface area contributed by atoms with E-state index in [0.29, 0.717) is 31.4 Å². The van der Waals surface area contributed by atoms with E-state index in [4.69, 9.17) is 4.74 Å². The summed E-state index contributed by atoms with van der Waals surface area (Å²) in [5.41, 5.74) is 4.54. The summed E-state index contributed by atoms with van der Waals surface area (Å²) in [5.74, 6) is 6.29. The highest BCUT2D eigenvalue weighted by Gasteiger charge is 2.74. The zero-order valence-electron chi connectivity index (χ0n) is 24.6. The molecule has 3 aromatic carbocycles. The highest BCUT2D eigenvalue weighted by Crippen LogP contribution is 2.65. The third-order valence-electron chi connectivity index (χ3n) is 10.7. The van der Waals surface area contributed by atoms with Crippen molar-refractivity contribution in [2.24, 2.45) is 0 Å². The van der Waals surface area contributed by atoms with Gasteiger partial charge in [0.25, 0.3) is 5.91 Å². The molecule has 42 heavy (non-hydrogen) atoms. The molecule has 2 fully saturated rings. The van der Waals surface area contributed by atoms with Crippen molar-refractivity contribution >= 4 is 5.91 Å². The van der Waals surface area contributed by atoms with E-state index in [0.717, 1.165) is 41.8 Å². The lowest BCUT2D eigenvalue weighted by Crippen LogP contribution is -2.81. The summed E-state index contributed by atoms with van der Waals surface area (Å²) < 4.78 is 6.49. The number of carbonyl (C=O) groups is 1. The molecular formula is C36H38N2O4. The van der Waals surface area contributed by atoms with Gasteiger partial charge in [0.2, 0.25) is 0 Å².